The second-order valence-corrected chi connectivity index (χ2v) is 6.29. The van der Waals surface area contributed by atoms with Crippen molar-refractivity contribution in [1.82, 2.24) is 19.5 Å². The van der Waals surface area contributed by atoms with Crippen molar-refractivity contribution in [1.29, 1.82) is 0 Å². The van der Waals surface area contributed by atoms with Gasteiger partial charge in [0.1, 0.15) is 17.1 Å². The monoisotopic (exact) mass is 391 g/mol. The van der Waals surface area contributed by atoms with E-state index in [0.29, 0.717) is 11.4 Å². The summed E-state index contributed by atoms with van der Waals surface area (Å²) in [5.41, 5.74) is 0.745. The smallest absolute Gasteiger partial charge is 0.335 e. The van der Waals surface area contributed by atoms with E-state index in [1.54, 1.807) is 42.5 Å². The number of hydrogen-bond acceptors (Lipinski definition) is 6. The van der Waals surface area contributed by atoms with Gasteiger partial charge in [0.25, 0.3) is 5.56 Å². The summed E-state index contributed by atoms with van der Waals surface area (Å²) in [6.07, 6.45) is 1.21. The Balaban J connectivity index is 1.82. The Labute approximate surface area is 164 Å². The molecule has 0 bridgehead atoms. The van der Waals surface area contributed by atoms with E-state index in [1.807, 2.05) is 6.92 Å². The van der Waals surface area contributed by atoms with Crippen LogP contribution in [0, 0.1) is 6.92 Å². The first-order chi connectivity index (χ1) is 14.0. The summed E-state index contributed by atoms with van der Waals surface area (Å²) in [5, 5.41) is 10.7. The van der Waals surface area contributed by atoms with Gasteiger partial charge in [0.2, 0.25) is 5.88 Å². The summed E-state index contributed by atoms with van der Waals surface area (Å²) >= 11 is 0. The average molecular weight is 391 g/mol. The van der Waals surface area contributed by atoms with Crippen molar-refractivity contribution >= 4 is 22.9 Å². The molecule has 0 saturated carbocycles. The first-order valence-electron chi connectivity index (χ1n) is 8.70. The molecule has 0 aliphatic heterocycles. The Morgan fingerprint density at radius 1 is 1.17 bits per heavy atom. The highest BCUT2D eigenvalue weighted by Crippen LogP contribution is 2.25. The SMILES string of the molecule is COc1ccccc1-n1c(O)c(C=Nc2ccc3nc(C)[nH]c3c2)c(=O)[nH]c1=O. The predicted octanol–water partition coefficient (Wildman–Crippen LogP) is 2.18. The van der Waals surface area contributed by atoms with Gasteiger partial charge in [-0.25, -0.2) is 14.3 Å². The second-order valence-electron chi connectivity index (χ2n) is 6.29. The number of ether oxygens (including phenoxy) is 1. The van der Waals surface area contributed by atoms with Gasteiger partial charge in [-0.1, -0.05) is 12.1 Å². The zero-order valence-electron chi connectivity index (χ0n) is 15.6. The third kappa shape index (κ3) is 3.29. The van der Waals surface area contributed by atoms with Crippen LogP contribution in [-0.4, -0.2) is 37.9 Å². The predicted molar refractivity (Wildman–Crippen MR) is 109 cm³/mol. The Bertz CT molecular complexity index is 1360. The van der Waals surface area contributed by atoms with Gasteiger partial charge in [0, 0.05) is 6.21 Å². The van der Waals surface area contributed by atoms with Gasteiger partial charge in [0.15, 0.2) is 0 Å². The Morgan fingerprint density at radius 3 is 2.76 bits per heavy atom. The molecule has 0 radical (unpaired) electrons. The molecule has 29 heavy (non-hydrogen) atoms. The van der Waals surface area contributed by atoms with Crippen LogP contribution in [0.4, 0.5) is 5.69 Å². The highest BCUT2D eigenvalue weighted by atomic mass is 16.5. The number of para-hydroxylation sites is 2. The fraction of sp³-hybridized carbons (Fsp3) is 0.100. The molecule has 4 rings (SSSR count). The topological polar surface area (TPSA) is 125 Å². The molecule has 2 aromatic heterocycles. The van der Waals surface area contributed by atoms with Gasteiger partial charge in [-0.2, -0.15) is 0 Å². The number of aryl methyl sites for hydroxylation is 1. The van der Waals surface area contributed by atoms with Crippen molar-refractivity contribution in [3.05, 3.63) is 74.7 Å². The maximum Gasteiger partial charge on any atom is 0.335 e. The molecular weight excluding hydrogens is 374 g/mol. The summed E-state index contributed by atoms with van der Waals surface area (Å²) in [4.78, 5) is 38.5. The highest BCUT2D eigenvalue weighted by molar-refractivity contribution is 5.86. The number of rotatable bonds is 4. The molecule has 146 valence electrons. The fourth-order valence-corrected chi connectivity index (χ4v) is 3.04. The van der Waals surface area contributed by atoms with E-state index in [1.165, 1.54) is 13.3 Å². The Kier molecular flexibility index (Phi) is 4.47. The van der Waals surface area contributed by atoms with Crippen LogP contribution in [0.15, 0.2) is 57.0 Å². The third-order valence-corrected chi connectivity index (χ3v) is 4.37. The van der Waals surface area contributed by atoms with E-state index in [-0.39, 0.29) is 11.3 Å². The first kappa shape index (κ1) is 18.2. The number of aromatic nitrogens is 4. The molecule has 0 fully saturated rings. The normalized spacial score (nSPS) is 11.4. The number of aromatic hydroxyl groups is 1. The van der Waals surface area contributed by atoms with Gasteiger partial charge >= 0.3 is 5.69 Å². The molecule has 0 amide bonds. The number of benzene rings is 2. The number of nitrogens with zero attached hydrogens (tertiary/aromatic N) is 3. The van der Waals surface area contributed by atoms with Crippen LogP contribution in [0.2, 0.25) is 0 Å². The van der Waals surface area contributed by atoms with Crippen LogP contribution in [-0.2, 0) is 0 Å². The largest absolute Gasteiger partial charge is 0.495 e. The summed E-state index contributed by atoms with van der Waals surface area (Å²) in [6, 6.07) is 11.9. The minimum Gasteiger partial charge on any atom is -0.495 e. The van der Waals surface area contributed by atoms with Crippen molar-refractivity contribution < 1.29 is 9.84 Å². The van der Waals surface area contributed by atoms with E-state index < -0.39 is 17.1 Å². The molecule has 0 saturated heterocycles. The lowest BCUT2D eigenvalue weighted by atomic mass is 10.2. The summed E-state index contributed by atoms with van der Waals surface area (Å²) in [6.45, 7) is 1.85. The number of hydrogen-bond donors (Lipinski definition) is 3. The highest BCUT2D eigenvalue weighted by Gasteiger charge is 2.16. The molecule has 3 N–H and O–H groups in total. The lowest BCUT2D eigenvalue weighted by Crippen LogP contribution is -2.31. The van der Waals surface area contributed by atoms with Crippen LogP contribution >= 0.6 is 0 Å². The number of H-pyrrole nitrogens is 2. The average Bonchev–Trinajstić information content (AvgIpc) is 3.07. The molecule has 0 aliphatic rings. The summed E-state index contributed by atoms with van der Waals surface area (Å²) in [7, 11) is 1.45. The summed E-state index contributed by atoms with van der Waals surface area (Å²) < 4.78 is 6.21. The number of aliphatic imine (C=N–C) groups is 1. The number of aromatic amines is 2. The zero-order valence-corrected chi connectivity index (χ0v) is 15.6. The van der Waals surface area contributed by atoms with Gasteiger partial charge in [-0.15, -0.1) is 0 Å². The van der Waals surface area contributed by atoms with Gasteiger partial charge in [-0.3, -0.25) is 14.8 Å². The van der Waals surface area contributed by atoms with Crippen LogP contribution in [0.3, 0.4) is 0 Å². The van der Waals surface area contributed by atoms with E-state index in [0.717, 1.165) is 21.4 Å². The number of methoxy groups -OCH3 is 1. The molecular formula is C20H17N5O4. The van der Waals surface area contributed by atoms with E-state index in [4.69, 9.17) is 4.74 Å². The molecule has 0 atom stereocenters. The molecule has 9 nitrogen and oxygen atoms in total. The van der Waals surface area contributed by atoms with Crippen molar-refractivity contribution in [2.45, 2.75) is 6.92 Å². The maximum atomic E-state index is 12.3. The minimum atomic E-state index is -0.788. The second kappa shape index (κ2) is 7.12. The molecule has 0 aliphatic carbocycles. The van der Waals surface area contributed by atoms with Crippen LogP contribution < -0.4 is 16.0 Å². The van der Waals surface area contributed by atoms with Crippen LogP contribution in [0.5, 0.6) is 11.6 Å². The maximum absolute atomic E-state index is 12.3. The number of imidazole rings is 1. The van der Waals surface area contributed by atoms with Crippen molar-refractivity contribution in [3.63, 3.8) is 0 Å². The minimum absolute atomic E-state index is 0.156. The van der Waals surface area contributed by atoms with E-state index >= 15 is 0 Å². The number of fused-ring (bicyclic) bond motifs is 1. The molecule has 4 aromatic rings. The van der Waals surface area contributed by atoms with Crippen LogP contribution in [0.1, 0.15) is 11.4 Å². The molecule has 2 aromatic carbocycles. The van der Waals surface area contributed by atoms with Crippen molar-refractivity contribution in [2.75, 3.05) is 7.11 Å². The molecule has 0 unspecified atom stereocenters. The standard InChI is InChI=1S/C20H17N5O4/c1-11-22-14-8-7-12(9-15(14)23-11)21-10-13-18(26)24-20(28)25(19(13)27)16-5-3-4-6-17(16)29-2/h3-10,27H,1-2H3,(H,22,23)(H,24,26,28). The summed E-state index contributed by atoms with van der Waals surface area (Å²) in [5.74, 6) is 0.601. The van der Waals surface area contributed by atoms with Crippen molar-refractivity contribution in [3.8, 4) is 17.3 Å². The lowest BCUT2D eigenvalue weighted by molar-refractivity contribution is 0.401. The number of nitrogens with one attached hydrogen (secondary N) is 2. The Morgan fingerprint density at radius 2 is 1.97 bits per heavy atom. The van der Waals surface area contributed by atoms with E-state index in [2.05, 4.69) is 19.9 Å². The molecule has 0 spiro atoms. The fourth-order valence-electron chi connectivity index (χ4n) is 3.04. The van der Waals surface area contributed by atoms with Crippen LogP contribution in [0.25, 0.3) is 16.7 Å². The third-order valence-electron chi connectivity index (χ3n) is 4.37. The van der Waals surface area contributed by atoms with E-state index in [9.17, 15) is 14.7 Å². The van der Waals surface area contributed by atoms with Gasteiger partial charge < -0.3 is 14.8 Å². The molecule has 9 heteroatoms. The zero-order chi connectivity index (χ0) is 20.5. The van der Waals surface area contributed by atoms with Gasteiger partial charge in [0.05, 0.1) is 29.5 Å². The molecule has 2 heterocycles. The quantitative estimate of drug-likeness (QED) is 0.460. The first-order valence-corrected chi connectivity index (χ1v) is 8.70. The Hall–Kier alpha value is -4.14. The van der Waals surface area contributed by atoms with Gasteiger partial charge in [-0.05, 0) is 37.3 Å². The van der Waals surface area contributed by atoms with Crippen molar-refractivity contribution in [2.24, 2.45) is 4.99 Å². The lowest BCUT2D eigenvalue weighted by Gasteiger charge is -2.12.